The van der Waals surface area contributed by atoms with Gasteiger partial charge in [0.05, 0.1) is 0 Å². The van der Waals surface area contributed by atoms with Gasteiger partial charge in [-0.25, -0.2) is 0 Å². The highest BCUT2D eigenvalue weighted by atomic mass is 16.1. The molecule has 1 amide bonds. The number of hydrogen-bond acceptors (Lipinski definition) is 5. The van der Waals surface area contributed by atoms with Crippen LogP contribution in [0, 0.1) is 0 Å². The summed E-state index contributed by atoms with van der Waals surface area (Å²) in [5, 5.41) is 15.7. The van der Waals surface area contributed by atoms with Gasteiger partial charge in [0.2, 0.25) is 5.91 Å². The number of rotatable bonds is 10. The number of nitrogens with zero attached hydrogens (tertiary/aromatic N) is 4. The van der Waals surface area contributed by atoms with E-state index < -0.39 is 0 Å². The number of hydrogen-bond donors (Lipinski definition) is 3. The van der Waals surface area contributed by atoms with Crippen molar-refractivity contribution in [3.8, 4) is 5.69 Å². The van der Waals surface area contributed by atoms with Crippen LogP contribution >= 0.6 is 0 Å². The van der Waals surface area contributed by atoms with Crippen LogP contribution in [-0.2, 0) is 17.6 Å². The zero-order valence-electron chi connectivity index (χ0n) is 20.9. The van der Waals surface area contributed by atoms with Gasteiger partial charge in [0, 0.05) is 41.4 Å². The Hall–Kier alpha value is -3.49. The van der Waals surface area contributed by atoms with E-state index in [2.05, 4.69) is 67.2 Å². The zero-order chi connectivity index (χ0) is 24.7. The van der Waals surface area contributed by atoms with E-state index in [1.54, 1.807) is 12.7 Å². The average Bonchev–Trinajstić information content (AvgIpc) is 3.56. The Morgan fingerprint density at radius 2 is 1.83 bits per heavy atom. The first kappa shape index (κ1) is 24.2. The number of amides is 1. The quantitative estimate of drug-likeness (QED) is 0.317. The number of nitrogens with one attached hydrogen (secondary N) is 3. The van der Waals surface area contributed by atoms with E-state index in [4.69, 9.17) is 0 Å². The molecule has 0 saturated carbocycles. The Morgan fingerprint density at radius 3 is 2.58 bits per heavy atom. The molecule has 3 heterocycles. The lowest BCUT2D eigenvalue weighted by Gasteiger charge is -2.32. The summed E-state index contributed by atoms with van der Waals surface area (Å²) in [5.74, 6) is -0.0353. The van der Waals surface area contributed by atoms with E-state index in [1.165, 1.54) is 41.8 Å². The van der Waals surface area contributed by atoms with Crippen LogP contribution in [0.5, 0.6) is 0 Å². The number of carbonyl (C=O) groups is 1. The van der Waals surface area contributed by atoms with Gasteiger partial charge in [0.15, 0.2) is 0 Å². The smallest absolute Gasteiger partial charge is 0.221 e. The summed E-state index contributed by atoms with van der Waals surface area (Å²) in [6.45, 7) is 5.99. The van der Waals surface area contributed by atoms with Crippen molar-refractivity contribution >= 4 is 22.5 Å². The minimum atomic E-state index is -0.0353. The molecule has 0 aliphatic carbocycles. The van der Waals surface area contributed by atoms with Crippen LogP contribution in [0.2, 0.25) is 0 Å². The molecule has 188 valence electrons. The number of likely N-dealkylation sites (tertiary alicyclic amines) is 1. The Labute approximate surface area is 212 Å². The predicted molar refractivity (Wildman–Crippen MR) is 143 cm³/mol. The van der Waals surface area contributed by atoms with Crippen molar-refractivity contribution in [2.24, 2.45) is 0 Å². The molecule has 0 atom stereocenters. The average molecular weight is 486 g/mol. The second-order valence-corrected chi connectivity index (χ2v) is 9.71. The summed E-state index contributed by atoms with van der Waals surface area (Å²) in [6, 6.07) is 15.2. The number of aromatic amines is 1. The first-order valence-corrected chi connectivity index (χ1v) is 12.9. The standard InChI is InChI=1S/C28H35N7O/c1-21(36)33-25-6-4-22(5-7-25)10-13-29-24-11-15-34(16-12-24)14-2-3-23-18-30-28-9-8-26(17-27(23)28)35-19-31-32-20-35/h4-9,17-20,24,29-30H,2-3,10-16H2,1H3,(H,33,36). The van der Waals surface area contributed by atoms with Crippen molar-refractivity contribution in [2.45, 2.75) is 45.1 Å². The number of H-pyrrole nitrogens is 1. The van der Waals surface area contributed by atoms with Crippen molar-refractivity contribution in [1.82, 2.24) is 30.0 Å². The van der Waals surface area contributed by atoms with Crippen LogP contribution in [0.3, 0.4) is 0 Å². The highest BCUT2D eigenvalue weighted by molar-refractivity contribution is 5.88. The summed E-state index contributed by atoms with van der Waals surface area (Å²) in [6.07, 6.45) is 11.3. The van der Waals surface area contributed by atoms with E-state index in [0.717, 1.165) is 56.8 Å². The molecule has 1 aliphatic heterocycles. The van der Waals surface area contributed by atoms with Gasteiger partial charge in [-0.3, -0.25) is 9.36 Å². The Kier molecular flexibility index (Phi) is 7.73. The monoisotopic (exact) mass is 485 g/mol. The fraction of sp³-hybridized carbons (Fsp3) is 0.393. The van der Waals surface area contributed by atoms with Crippen molar-refractivity contribution < 1.29 is 4.79 Å². The molecule has 2 aromatic heterocycles. The summed E-state index contributed by atoms with van der Waals surface area (Å²) in [4.78, 5) is 17.2. The maximum Gasteiger partial charge on any atom is 0.221 e. The van der Waals surface area contributed by atoms with E-state index >= 15 is 0 Å². The second-order valence-electron chi connectivity index (χ2n) is 9.71. The molecule has 5 rings (SSSR count). The van der Waals surface area contributed by atoms with Crippen LogP contribution in [0.1, 0.15) is 37.3 Å². The first-order valence-electron chi connectivity index (χ1n) is 12.9. The minimum absolute atomic E-state index is 0.0353. The number of aromatic nitrogens is 4. The van der Waals surface area contributed by atoms with Crippen LogP contribution < -0.4 is 10.6 Å². The predicted octanol–water partition coefficient (Wildman–Crippen LogP) is 3.94. The molecule has 8 nitrogen and oxygen atoms in total. The van der Waals surface area contributed by atoms with Crippen LogP contribution in [0.15, 0.2) is 61.3 Å². The van der Waals surface area contributed by atoms with E-state index in [0.29, 0.717) is 6.04 Å². The molecule has 0 radical (unpaired) electrons. The molecule has 0 spiro atoms. The molecule has 2 aromatic carbocycles. The van der Waals surface area contributed by atoms with Gasteiger partial charge in [-0.05, 0) is 99.7 Å². The number of piperidine rings is 1. The number of anilines is 1. The van der Waals surface area contributed by atoms with Gasteiger partial charge in [-0.1, -0.05) is 12.1 Å². The summed E-state index contributed by atoms with van der Waals surface area (Å²) in [5.41, 5.74) is 5.79. The largest absolute Gasteiger partial charge is 0.361 e. The Morgan fingerprint density at radius 1 is 1.06 bits per heavy atom. The molecule has 36 heavy (non-hydrogen) atoms. The summed E-state index contributed by atoms with van der Waals surface area (Å²) >= 11 is 0. The number of carbonyl (C=O) groups excluding carboxylic acids is 1. The third-order valence-electron chi connectivity index (χ3n) is 7.10. The van der Waals surface area contributed by atoms with Gasteiger partial charge in [-0.15, -0.1) is 10.2 Å². The van der Waals surface area contributed by atoms with E-state index in [9.17, 15) is 4.79 Å². The molecule has 0 unspecified atom stereocenters. The number of benzene rings is 2. The maximum atomic E-state index is 11.1. The SMILES string of the molecule is CC(=O)Nc1ccc(CCNC2CCN(CCCc3c[nH]c4ccc(-n5cnnc5)cc34)CC2)cc1. The van der Waals surface area contributed by atoms with E-state index in [-0.39, 0.29) is 5.91 Å². The van der Waals surface area contributed by atoms with E-state index in [1.807, 2.05) is 16.7 Å². The summed E-state index contributed by atoms with van der Waals surface area (Å²) < 4.78 is 1.94. The third kappa shape index (κ3) is 6.19. The fourth-order valence-electron chi connectivity index (χ4n) is 5.10. The van der Waals surface area contributed by atoms with Gasteiger partial charge in [-0.2, -0.15) is 0 Å². The Balaban J connectivity index is 1.02. The van der Waals surface area contributed by atoms with Gasteiger partial charge in [0.1, 0.15) is 12.7 Å². The van der Waals surface area contributed by atoms with Crippen LogP contribution in [0.4, 0.5) is 5.69 Å². The van der Waals surface area contributed by atoms with Gasteiger partial charge >= 0.3 is 0 Å². The number of aryl methyl sites for hydroxylation is 1. The highest BCUT2D eigenvalue weighted by Crippen LogP contribution is 2.23. The maximum absolute atomic E-state index is 11.1. The lowest BCUT2D eigenvalue weighted by atomic mass is 10.0. The molecule has 8 heteroatoms. The molecule has 1 fully saturated rings. The van der Waals surface area contributed by atoms with Gasteiger partial charge < -0.3 is 20.5 Å². The minimum Gasteiger partial charge on any atom is -0.361 e. The molecule has 4 aromatic rings. The second kappa shape index (κ2) is 11.5. The molecule has 1 saturated heterocycles. The number of fused-ring (bicyclic) bond motifs is 1. The highest BCUT2D eigenvalue weighted by Gasteiger charge is 2.18. The van der Waals surface area contributed by atoms with Crippen molar-refractivity contribution in [2.75, 3.05) is 31.5 Å². The third-order valence-corrected chi connectivity index (χ3v) is 7.10. The zero-order valence-corrected chi connectivity index (χ0v) is 20.9. The van der Waals surface area contributed by atoms with Crippen molar-refractivity contribution in [3.05, 3.63) is 72.4 Å². The lowest BCUT2D eigenvalue weighted by Crippen LogP contribution is -2.43. The van der Waals surface area contributed by atoms with Crippen LogP contribution in [-0.4, -0.2) is 62.8 Å². The summed E-state index contributed by atoms with van der Waals surface area (Å²) in [7, 11) is 0. The van der Waals surface area contributed by atoms with Gasteiger partial charge in [0.25, 0.3) is 0 Å². The molecule has 0 bridgehead atoms. The van der Waals surface area contributed by atoms with Crippen LogP contribution in [0.25, 0.3) is 16.6 Å². The topological polar surface area (TPSA) is 90.9 Å². The van der Waals surface area contributed by atoms with Crippen molar-refractivity contribution in [1.29, 1.82) is 0 Å². The normalized spacial score (nSPS) is 14.9. The molecule has 1 aliphatic rings. The molecular weight excluding hydrogens is 450 g/mol. The lowest BCUT2D eigenvalue weighted by molar-refractivity contribution is -0.114. The Bertz CT molecular complexity index is 1260. The first-order chi connectivity index (χ1) is 17.6. The van der Waals surface area contributed by atoms with Crippen molar-refractivity contribution in [3.63, 3.8) is 0 Å². The molecular formula is C28H35N7O. The fourth-order valence-corrected chi connectivity index (χ4v) is 5.10. The molecule has 3 N–H and O–H groups in total.